The Labute approximate surface area is 155 Å². The number of aromatic nitrogens is 1. The van der Waals surface area contributed by atoms with Crippen LogP contribution in [0.25, 0.3) is 11.1 Å². The highest BCUT2D eigenvalue weighted by Crippen LogP contribution is 2.20. The Morgan fingerprint density at radius 1 is 1.00 bits per heavy atom. The molecule has 0 unspecified atom stereocenters. The van der Waals surface area contributed by atoms with Gasteiger partial charge in [0.05, 0.1) is 5.56 Å². The van der Waals surface area contributed by atoms with Gasteiger partial charge >= 0.3 is 0 Å². The number of nitrogens with zero attached hydrogens (tertiary/aromatic N) is 1. The summed E-state index contributed by atoms with van der Waals surface area (Å²) >= 11 is 0. The first-order chi connectivity index (χ1) is 12.6. The van der Waals surface area contributed by atoms with Gasteiger partial charge in [-0.05, 0) is 43.9 Å². The lowest BCUT2D eigenvalue weighted by molar-refractivity contribution is 0.0938. The van der Waals surface area contributed by atoms with Crippen LogP contribution in [0.2, 0.25) is 0 Å². The van der Waals surface area contributed by atoms with Crippen LogP contribution >= 0.6 is 0 Å². The molecule has 0 saturated heterocycles. The molecule has 1 N–H and O–H groups in total. The SMILES string of the molecule is Cc1ccc(-c2cncc(C(=O)N[C@@H](C)CCc3ccccc3)c2)cc1. The highest BCUT2D eigenvalue weighted by molar-refractivity contribution is 5.95. The monoisotopic (exact) mass is 344 g/mol. The number of carbonyl (C=O) groups excluding carboxylic acids is 1. The van der Waals surface area contributed by atoms with Gasteiger partial charge in [0.25, 0.3) is 5.91 Å². The molecule has 1 aromatic heterocycles. The van der Waals surface area contributed by atoms with E-state index in [1.807, 2.05) is 31.2 Å². The van der Waals surface area contributed by atoms with Gasteiger partial charge in [-0.2, -0.15) is 0 Å². The Hall–Kier alpha value is -2.94. The Morgan fingerprint density at radius 2 is 1.73 bits per heavy atom. The van der Waals surface area contributed by atoms with Crippen LogP contribution in [-0.2, 0) is 6.42 Å². The zero-order chi connectivity index (χ0) is 18.4. The smallest absolute Gasteiger partial charge is 0.253 e. The van der Waals surface area contributed by atoms with E-state index in [-0.39, 0.29) is 11.9 Å². The molecule has 3 heteroatoms. The minimum absolute atomic E-state index is 0.0768. The van der Waals surface area contributed by atoms with Gasteiger partial charge in [0.15, 0.2) is 0 Å². The molecule has 0 bridgehead atoms. The number of aryl methyl sites for hydroxylation is 2. The first-order valence-electron chi connectivity index (χ1n) is 8.99. The summed E-state index contributed by atoms with van der Waals surface area (Å²) in [6.07, 6.45) is 5.27. The van der Waals surface area contributed by atoms with Crippen molar-refractivity contribution in [3.8, 4) is 11.1 Å². The molecule has 2 aromatic carbocycles. The number of hydrogen-bond acceptors (Lipinski definition) is 2. The van der Waals surface area contributed by atoms with Crippen molar-refractivity contribution in [2.45, 2.75) is 32.7 Å². The fraction of sp³-hybridized carbons (Fsp3) is 0.217. The summed E-state index contributed by atoms with van der Waals surface area (Å²) in [7, 11) is 0. The van der Waals surface area contributed by atoms with Gasteiger partial charge in [-0.25, -0.2) is 0 Å². The van der Waals surface area contributed by atoms with Crippen molar-refractivity contribution in [2.24, 2.45) is 0 Å². The van der Waals surface area contributed by atoms with Crippen LogP contribution in [0, 0.1) is 6.92 Å². The van der Waals surface area contributed by atoms with Crippen LogP contribution in [0.15, 0.2) is 73.1 Å². The third kappa shape index (κ3) is 4.79. The van der Waals surface area contributed by atoms with Crippen molar-refractivity contribution < 1.29 is 4.79 Å². The van der Waals surface area contributed by atoms with E-state index in [9.17, 15) is 4.79 Å². The van der Waals surface area contributed by atoms with E-state index < -0.39 is 0 Å². The molecular weight excluding hydrogens is 320 g/mol. The Bertz CT molecular complexity index is 857. The number of rotatable bonds is 6. The standard InChI is InChI=1S/C23H24N2O/c1-17-8-12-20(13-9-17)21-14-22(16-24-15-21)23(26)25-18(2)10-11-19-6-4-3-5-7-19/h3-9,12-16,18H,10-11H2,1-2H3,(H,25,26)/t18-/m0/s1. The third-order valence-electron chi connectivity index (χ3n) is 4.47. The molecule has 0 aliphatic heterocycles. The molecule has 3 aromatic rings. The van der Waals surface area contributed by atoms with Gasteiger partial charge < -0.3 is 5.32 Å². The summed E-state index contributed by atoms with van der Waals surface area (Å²) < 4.78 is 0. The summed E-state index contributed by atoms with van der Waals surface area (Å²) in [4.78, 5) is 16.8. The van der Waals surface area contributed by atoms with Gasteiger partial charge in [0, 0.05) is 24.0 Å². The van der Waals surface area contributed by atoms with E-state index in [0.29, 0.717) is 5.56 Å². The predicted octanol–water partition coefficient (Wildman–Crippen LogP) is 4.81. The minimum atomic E-state index is -0.0768. The number of carbonyl (C=O) groups is 1. The lowest BCUT2D eigenvalue weighted by Crippen LogP contribution is -2.33. The Kier molecular flexibility index (Phi) is 5.80. The number of pyridine rings is 1. The molecule has 26 heavy (non-hydrogen) atoms. The van der Waals surface area contributed by atoms with Crippen LogP contribution in [0.5, 0.6) is 0 Å². The number of benzene rings is 2. The highest BCUT2D eigenvalue weighted by Gasteiger charge is 2.11. The molecule has 0 spiro atoms. The van der Waals surface area contributed by atoms with Gasteiger partial charge in [-0.15, -0.1) is 0 Å². The summed E-state index contributed by atoms with van der Waals surface area (Å²) in [5.41, 5.74) is 5.11. The maximum atomic E-state index is 12.6. The van der Waals surface area contributed by atoms with Crippen molar-refractivity contribution in [1.29, 1.82) is 0 Å². The second-order valence-corrected chi connectivity index (χ2v) is 6.73. The van der Waals surface area contributed by atoms with E-state index in [2.05, 4.69) is 53.6 Å². The summed E-state index contributed by atoms with van der Waals surface area (Å²) in [6, 6.07) is 20.6. The topological polar surface area (TPSA) is 42.0 Å². The Morgan fingerprint density at radius 3 is 2.46 bits per heavy atom. The normalized spacial score (nSPS) is 11.8. The number of nitrogens with one attached hydrogen (secondary N) is 1. The fourth-order valence-corrected chi connectivity index (χ4v) is 2.88. The molecule has 132 valence electrons. The van der Waals surface area contributed by atoms with Crippen LogP contribution in [0.3, 0.4) is 0 Å². The van der Waals surface area contributed by atoms with Crippen LogP contribution in [0.4, 0.5) is 0 Å². The van der Waals surface area contributed by atoms with Crippen LogP contribution in [0.1, 0.15) is 34.8 Å². The quantitative estimate of drug-likeness (QED) is 0.697. The zero-order valence-electron chi connectivity index (χ0n) is 15.3. The second kappa shape index (κ2) is 8.43. The summed E-state index contributed by atoms with van der Waals surface area (Å²) in [5.74, 6) is -0.0768. The fourth-order valence-electron chi connectivity index (χ4n) is 2.88. The molecule has 1 amide bonds. The van der Waals surface area contributed by atoms with Crippen molar-refractivity contribution in [3.05, 3.63) is 89.7 Å². The van der Waals surface area contributed by atoms with E-state index in [4.69, 9.17) is 0 Å². The molecule has 1 atom stereocenters. The molecule has 0 radical (unpaired) electrons. The predicted molar refractivity (Wildman–Crippen MR) is 106 cm³/mol. The van der Waals surface area contributed by atoms with Crippen LogP contribution in [-0.4, -0.2) is 16.9 Å². The molecule has 0 fully saturated rings. The average Bonchev–Trinajstić information content (AvgIpc) is 2.68. The van der Waals surface area contributed by atoms with Gasteiger partial charge in [0.2, 0.25) is 0 Å². The molecule has 3 nitrogen and oxygen atoms in total. The molecule has 3 rings (SSSR count). The molecule has 0 aliphatic rings. The third-order valence-corrected chi connectivity index (χ3v) is 4.47. The van der Waals surface area contributed by atoms with E-state index in [1.165, 1.54) is 11.1 Å². The van der Waals surface area contributed by atoms with Gasteiger partial charge in [-0.3, -0.25) is 9.78 Å². The molecule has 1 heterocycles. The van der Waals surface area contributed by atoms with E-state index in [1.54, 1.807) is 12.4 Å². The van der Waals surface area contributed by atoms with E-state index in [0.717, 1.165) is 24.0 Å². The molecular formula is C23H24N2O. The van der Waals surface area contributed by atoms with Gasteiger partial charge in [0.1, 0.15) is 0 Å². The summed E-state index contributed by atoms with van der Waals surface area (Å²) in [6.45, 7) is 4.10. The minimum Gasteiger partial charge on any atom is -0.350 e. The molecule has 0 saturated carbocycles. The van der Waals surface area contributed by atoms with Crippen LogP contribution < -0.4 is 5.32 Å². The lowest BCUT2D eigenvalue weighted by Gasteiger charge is -2.14. The van der Waals surface area contributed by atoms with Crippen molar-refractivity contribution in [2.75, 3.05) is 0 Å². The summed E-state index contributed by atoms with van der Waals surface area (Å²) in [5, 5.41) is 3.08. The van der Waals surface area contributed by atoms with Crippen molar-refractivity contribution >= 4 is 5.91 Å². The average molecular weight is 344 g/mol. The number of hydrogen-bond donors (Lipinski definition) is 1. The van der Waals surface area contributed by atoms with Crippen molar-refractivity contribution in [3.63, 3.8) is 0 Å². The first kappa shape index (κ1) is 17.9. The van der Waals surface area contributed by atoms with Crippen molar-refractivity contribution in [1.82, 2.24) is 10.3 Å². The van der Waals surface area contributed by atoms with Gasteiger partial charge in [-0.1, -0.05) is 60.2 Å². The number of amides is 1. The molecule has 0 aliphatic carbocycles. The maximum absolute atomic E-state index is 12.6. The zero-order valence-corrected chi connectivity index (χ0v) is 15.3. The largest absolute Gasteiger partial charge is 0.350 e. The highest BCUT2D eigenvalue weighted by atomic mass is 16.1. The first-order valence-corrected chi connectivity index (χ1v) is 8.99. The lowest BCUT2D eigenvalue weighted by atomic mass is 10.0. The van der Waals surface area contributed by atoms with E-state index >= 15 is 0 Å². The Balaban J connectivity index is 1.62. The maximum Gasteiger partial charge on any atom is 0.253 e. The second-order valence-electron chi connectivity index (χ2n) is 6.73.